The normalized spacial score (nSPS) is 6.40. The van der Waals surface area contributed by atoms with Crippen molar-refractivity contribution in [2.45, 2.75) is 0 Å². The molecule has 0 fully saturated rings. The maximum atomic E-state index is 4.35. The van der Waals surface area contributed by atoms with Gasteiger partial charge in [0.25, 0.3) is 0 Å². The summed E-state index contributed by atoms with van der Waals surface area (Å²) in [5, 5.41) is 0. The first-order valence-corrected chi connectivity index (χ1v) is 1.25. The summed E-state index contributed by atoms with van der Waals surface area (Å²) in [7, 11) is 0. The minimum Gasteiger partial charge on any atom is -0.353 e. The predicted octanol–water partition coefficient (Wildman–Crippen LogP) is -0.320. The Morgan fingerprint density at radius 1 is 1.80 bits per heavy atom. The second kappa shape index (κ2) is 0.769. The van der Waals surface area contributed by atoms with E-state index in [1.807, 2.05) is 0 Å². The quantitative estimate of drug-likeness (QED) is 0.416. The Labute approximate surface area is 29.4 Å². The van der Waals surface area contributed by atoms with Crippen LogP contribution in [0.2, 0.25) is 0 Å². The Balaban J connectivity index is 3.13. The monoisotopic (exact) mass is 68.0 g/mol. The van der Waals surface area contributed by atoms with Gasteiger partial charge in [0.15, 0.2) is 6.26 Å². The van der Waals surface area contributed by atoms with Gasteiger partial charge < -0.3 is 4.42 Å². The zero-order valence-corrected chi connectivity index (χ0v) is 2.51. The lowest BCUT2D eigenvalue weighted by atomic mass is 11.0. The van der Waals surface area contributed by atoms with Crippen molar-refractivity contribution in [3.8, 4) is 0 Å². The van der Waals surface area contributed by atoms with Crippen molar-refractivity contribution < 1.29 is 9.40 Å². The van der Waals surface area contributed by atoms with Gasteiger partial charge >= 0.3 is 12.6 Å². The van der Waals surface area contributed by atoms with Crippen molar-refractivity contribution in [1.82, 2.24) is 0 Å². The van der Waals surface area contributed by atoms with E-state index in [2.05, 4.69) is 15.8 Å². The van der Waals surface area contributed by atoms with Crippen LogP contribution in [0.3, 0.4) is 0 Å². The first-order valence-electron chi connectivity index (χ1n) is 1.25. The standard InChI is InChI=1S/C3H2NO/c1-2-5-3-4-1/h1-2H/q+1. The van der Waals surface area contributed by atoms with E-state index in [-0.39, 0.29) is 0 Å². The van der Waals surface area contributed by atoms with Crippen molar-refractivity contribution in [2.75, 3.05) is 0 Å². The molecule has 0 aliphatic carbocycles. The fraction of sp³-hybridized carbons (Fsp3) is 0. The fourth-order valence-corrected chi connectivity index (χ4v) is 0.152. The van der Waals surface area contributed by atoms with Crippen molar-refractivity contribution in [3.05, 3.63) is 18.9 Å². The maximum absolute atomic E-state index is 4.35. The lowest BCUT2D eigenvalue weighted by Crippen LogP contribution is -1.74. The molecule has 24 valence electrons. The second-order valence-electron chi connectivity index (χ2n) is 0.623. The molecule has 0 atom stereocenters. The largest absolute Gasteiger partial charge is 0.528 e. The Kier molecular flexibility index (Phi) is 0.350. The van der Waals surface area contributed by atoms with Crippen LogP contribution < -0.4 is 4.98 Å². The van der Waals surface area contributed by atoms with E-state index in [4.69, 9.17) is 0 Å². The van der Waals surface area contributed by atoms with Crippen LogP contribution in [0.15, 0.2) is 16.9 Å². The summed E-state index contributed by atoms with van der Waals surface area (Å²) in [6.07, 6.45) is 5.22. The molecule has 0 N–H and O–H groups in total. The highest BCUT2D eigenvalue weighted by Gasteiger charge is 1.72. The molecule has 5 heavy (non-hydrogen) atoms. The van der Waals surface area contributed by atoms with Crippen LogP contribution in [-0.2, 0) is 0 Å². The average Bonchev–Trinajstić information content (AvgIpc) is 1.76. The van der Waals surface area contributed by atoms with Crippen LogP contribution in [0.4, 0.5) is 0 Å². The van der Waals surface area contributed by atoms with Crippen LogP contribution in [0, 0.1) is 6.39 Å². The zero-order valence-electron chi connectivity index (χ0n) is 2.51. The summed E-state index contributed by atoms with van der Waals surface area (Å²) in [6, 6.07) is 0. The molecular weight excluding hydrogens is 66.0 g/mol. The molecule has 0 radical (unpaired) electrons. The van der Waals surface area contributed by atoms with Crippen molar-refractivity contribution in [1.29, 1.82) is 0 Å². The molecule has 0 aliphatic heterocycles. The van der Waals surface area contributed by atoms with E-state index in [1.165, 1.54) is 12.5 Å². The summed E-state index contributed by atoms with van der Waals surface area (Å²) in [6.45, 7) is 0. The van der Waals surface area contributed by atoms with Gasteiger partial charge in [0.05, 0.1) is 0 Å². The SMILES string of the molecule is c1occ[n+]#1. The summed E-state index contributed by atoms with van der Waals surface area (Å²) in [5.41, 5.74) is 0. The molecule has 1 aromatic heterocycles. The first kappa shape index (κ1) is 2.28. The molecular formula is C3H2NO+. The molecule has 0 aliphatic rings. The fourth-order valence-electron chi connectivity index (χ4n) is 0.152. The molecule has 0 amide bonds. The van der Waals surface area contributed by atoms with Gasteiger partial charge in [-0.05, 0) is 0 Å². The van der Waals surface area contributed by atoms with Crippen molar-refractivity contribution in [3.63, 3.8) is 0 Å². The van der Waals surface area contributed by atoms with Crippen LogP contribution in [0.25, 0.3) is 0 Å². The minimum atomic E-state index is 1.46. The molecule has 0 unspecified atom stereocenters. The van der Waals surface area contributed by atoms with E-state index in [1.54, 1.807) is 0 Å². The van der Waals surface area contributed by atoms with Crippen LogP contribution in [-0.4, -0.2) is 0 Å². The molecule has 2 heteroatoms. The molecule has 0 saturated heterocycles. The Hall–Kier alpha value is -0.970. The highest BCUT2D eigenvalue weighted by Crippen LogP contribution is 1.58. The number of aromatic nitrogens is 1. The van der Waals surface area contributed by atoms with Gasteiger partial charge in [-0.2, -0.15) is 0 Å². The number of hydrogen-bond donors (Lipinski definition) is 0. The molecule has 1 aromatic rings. The van der Waals surface area contributed by atoms with Crippen LogP contribution in [0.1, 0.15) is 0 Å². The minimum absolute atomic E-state index is 1.46. The lowest BCUT2D eigenvalue weighted by Gasteiger charge is -1.32. The predicted molar refractivity (Wildman–Crippen MR) is 13.1 cm³/mol. The molecule has 1 rings (SSSR count). The highest BCUT2D eigenvalue weighted by molar-refractivity contribution is 4.40. The lowest BCUT2D eigenvalue weighted by molar-refractivity contribution is -0.295. The summed E-state index contributed by atoms with van der Waals surface area (Å²) in [4.78, 5) is 3.43. The van der Waals surface area contributed by atoms with E-state index >= 15 is 0 Å². The third-order valence-electron chi connectivity index (χ3n) is 0.309. The smallest absolute Gasteiger partial charge is 0.353 e. The second-order valence-corrected chi connectivity index (χ2v) is 0.623. The van der Waals surface area contributed by atoms with Gasteiger partial charge in [-0.1, -0.05) is 0 Å². The van der Waals surface area contributed by atoms with Crippen molar-refractivity contribution >= 4 is 0 Å². The van der Waals surface area contributed by atoms with Gasteiger partial charge in [0.1, 0.15) is 0 Å². The Bertz CT molecular complexity index is 63.4. The van der Waals surface area contributed by atoms with E-state index < -0.39 is 0 Å². The number of rotatable bonds is 0. The van der Waals surface area contributed by atoms with Gasteiger partial charge in [0.2, 0.25) is 0 Å². The molecule has 0 aromatic carbocycles. The Morgan fingerprint density at radius 3 is 3.00 bits per heavy atom. The van der Waals surface area contributed by atoms with E-state index in [9.17, 15) is 0 Å². The van der Waals surface area contributed by atoms with E-state index in [0.717, 1.165) is 0 Å². The van der Waals surface area contributed by atoms with Gasteiger partial charge in [-0.3, -0.25) is 0 Å². The molecule has 0 bridgehead atoms. The molecule has 0 spiro atoms. The molecule has 1 heterocycles. The summed E-state index contributed by atoms with van der Waals surface area (Å²) in [5.74, 6) is 0. The Morgan fingerprint density at radius 2 is 2.80 bits per heavy atom. The molecule has 0 saturated carbocycles. The van der Waals surface area contributed by atoms with Crippen molar-refractivity contribution in [2.24, 2.45) is 0 Å². The number of nitrogens with zero attached hydrogens (tertiary/aromatic N) is 1. The average molecular weight is 68.1 g/mol. The third kappa shape index (κ3) is 0.198. The topological polar surface area (TPSA) is 27.2 Å². The highest BCUT2D eigenvalue weighted by atomic mass is 16.3. The van der Waals surface area contributed by atoms with Gasteiger partial charge in [-0.15, -0.1) is 0 Å². The maximum Gasteiger partial charge on any atom is 0.528 e. The van der Waals surface area contributed by atoms with Crippen LogP contribution >= 0.6 is 0 Å². The summed E-state index contributed by atoms with van der Waals surface area (Å²) >= 11 is 0. The number of hydrogen-bond acceptors (Lipinski definition) is 1. The van der Waals surface area contributed by atoms with Gasteiger partial charge in [0, 0.05) is 4.98 Å². The zero-order chi connectivity index (χ0) is 3.54. The van der Waals surface area contributed by atoms with Gasteiger partial charge in [-0.25, -0.2) is 0 Å². The third-order valence-corrected chi connectivity index (χ3v) is 0.309. The summed E-state index contributed by atoms with van der Waals surface area (Å²) < 4.78 is 4.35. The van der Waals surface area contributed by atoms with Crippen LogP contribution in [0.5, 0.6) is 0 Å². The van der Waals surface area contributed by atoms with E-state index in [0.29, 0.717) is 0 Å². The molecule has 2 nitrogen and oxygen atoms in total. The first-order chi connectivity index (χ1) is 2.50.